The topological polar surface area (TPSA) is 41.1 Å². The summed E-state index contributed by atoms with van der Waals surface area (Å²) in [5, 5.41) is 6.14. The lowest BCUT2D eigenvalue weighted by Crippen LogP contribution is -2.18. The van der Waals surface area contributed by atoms with E-state index < -0.39 is 0 Å². The SMILES string of the molecule is CNC(=O)c1ccc(NC(C)c2ccc(C)s2)c(C)c1. The summed E-state index contributed by atoms with van der Waals surface area (Å²) in [4.78, 5) is 14.2. The second-order valence-corrected chi connectivity index (χ2v) is 6.24. The van der Waals surface area contributed by atoms with Crippen LogP contribution in [0.1, 0.15) is 38.6 Å². The van der Waals surface area contributed by atoms with Gasteiger partial charge in [0.1, 0.15) is 0 Å². The summed E-state index contributed by atoms with van der Waals surface area (Å²) in [6.07, 6.45) is 0. The highest BCUT2D eigenvalue weighted by molar-refractivity contribution is 7.12. The van der Waals surface area contributed by atoms with Crippen LogP contribution in [0.3, 0.4) is 0 Å². The molecule has 0 aliphatic rings. The Balaban J connectivity index is 2.15. The monoisotopic (exact) mass is 288 g/mol. The zero-order chi connectivity index (χ0) is 14.7. The zero-order valence-electron chi connectivity index (χ0n) is 12.3. The average molecular weight is 288 g/mol. The van der Waals surface area contributed by atoms with Crippen LogP contribution in [0.15, 0.2) is 30.3 Å². The minimum Gasteiger partial charge on any atom is -0.377 e. The third-order valence-electron chi connectivity index (χ3n) is 3.28. The summed E-state index contributed by atoms with van der Waals surface area (Å²) in [6.45, 7) is 6.28. The molecule has 0 fully saturated rings. The Morgan fingerprint density at radius 3 is 2.50 bits per heavy atom. The summed E-state index contributed by atoms with van der Waals surface area (Å²) < 4.78 is 0. The number of anilines is 1. The molecule has 1 aromatic heterocycles. The molecule has 4 heteroatoms. The van der Waals surface area contributed by atoms with Crippen LogP contribution in [-0.4, -0.2) is 13.0 Å². The molecular weight excluding hydrogens is 268 g/mol. The maximum Gasteiger partial charge on any atom is 0.251 e. The van der Waals surface area contributed by atoms with Crippen LogP contribution < -0.4 is 10.6 Å². The van der Waals surface area contributed by atoms with Gasteiger partial charge in [0.25, 0.3) is 5.91 Å². The highest BCUT2D eigenvalue weighted by atomic mass is 32.1. The maximum atomic E-state index is 11.6. The van der Waals surface area contributed by atoms with Crippen LogP contribution in [0.2, 0.25) is 0 Å². The molecule has 1 amide bonds. The Hall–Kier alpha value is -1.81. The van der Waals surface area contributed by atoms with E-state index in [1.165, 1.54) is 9.75 Å². The maximum absolute atomic E-state index is 11.6. The van der Waals surface area contributed by atoms with Gasteiger partial charge in [-0.2, -0.15) is 0 Å². The first-order valence-corrected chi connectivity index (χ1v) is 7.48. The Bertz CT molecular complexity index is 619. The van der Waals surface area contributed by atoms with E-state index >= 15 is 0 Å². The molecule has 0 saturated heterocycles. The first-order valence-electron chi connectivity index (χ1n) is 6.67. The van der Waals surface area contributed by atoms with Gasteiger partial charge in [0.05, 0.1) is 6.04 Å². The molecule has 3 nitrogen and oxygen atoms in total. The summed E-state index contributed by atoms with van der Waals surface area (Å²) in [5.74, 6) is -0.0541. The molecule has 2 aromatic rings. The number of nitrogens with one attached hydrogen (secondary N) is 2. The van der Waals surface area contributed by atoms with Crippen LogP contribution in [0.4, 0.5) is 5.69 Å². The van der Waals surface area contributed by atoms with Gasteiger partial charge in [-0.3, -0.25) is 4.79 Å². The minimum absolute atomic E-state index is 0.0541. The van der Waals surface area contributed by atoms with E-state index in [2.05, 4.69) is 36.6 Å². The lowest BCUT2D eigenvalue weighted by molar-refractivity contribution is 0.0963. The van der Waals surface area contributed by atoms with E-state index in [4.69, 9.17) is 0 Å². The van der Waals surface area contributed by atoms with E-state index in [1.54, 1.807) is 18.4 Å². The Morgan fingerprint density at radius 1 is 1.20 bits per heavy atom. The van der Waals surface area contributed by atoms with Crippen LogP contribution in [0.5, 0.6) is 0 Å². The number of carbonyl (C=O) groups excluding carboxylic acids is 1. The highest BCUT2D eigenvalue weighted by Crippen LogP contribution is 2.27. The van der Waals surface area contributed by atoms with E-state index in [0.29, 0.717) is 5.56 Å². The van der Waals surface area contributed by atoms with Crippen LogP contribution in [-0.2, 0) is 0 Å². The molecule has 106 valence electrons. The number of hydrogen-bond donors (Lipinski definition) is 2. The molecule has 2 N–H and O–H groups in total. The average Bonchev–Trinajstić information content (AvgIpc) is 2.86. The van der Waals surface area contributed by atoms with Gasteiger partial charge in [-0.05, 0) is 56.7 Å². The number of carbonyl (C=O) groups is 1. The standard InChI is InChI=1S/C16H20N2OS/c1-10-9-13(16(19)17-4)6-7-14(10)18-12(3)15-8-5-11(2)20-15/h5-9,12,18H,1-4H3,(H,17,19). The Morgan fingerprint density at radius 2 is 1.95 bits per heavy atom. The quantitative estimate of drug-likeness (QED) is 0.896. The van der Waals surface area contributed by atoms with Crippen molar-refractivity contribution in [1.82, 2.24) is 5.32 Å². The fourth-order valence-electron chi connectivity index (χ4n) is 2.10. The van der Waals surface area contributed by atoms with Crippen molar-refractivity contribution in [3.8, 4) is 0 Å². The fraction of sp³-hybridized carbons (Fsp3) is 0.312. The molecule has 1 atom stereocenters. The van der Waals surface area contributed by atoms with Crippen molar-refractivity contribution in [2.24, 2.45) is 0 Å². The van der Waals surface area contributed by atoms with Crippen molar-refractivity contribution in [2.75, 3.05) is 12.4 Å². The molecule has 0 saturated carbocycles. The van der Waals surface area contributed by atoms with Gasteiger partial charge in [-0.15, -0.1) is 11.3 Å². The van der Waals surface area contributed by atoms with Crippen molar-refractivity contribution in [3.05, 3.63) is 51.2 Å². The molecular formula is C16H20N2OS. The predicted octanol–water partition coefficient (Wildman–Crippen LogP) is 3.90. The van der Waals surface area contributed by atoms with E-state index in [0.717, 1.165) is 11.3 Å². The molecule has 0 spiro atoms. The van der Waals surface area contributed by atoms with Crippen molar-refractivity contribution in [2.45, 2.75) is 26.8 Å². The van der Waals surface area contributed by atoms with Crippen LogP contribution in [0.25, 0.3) is 0 Å². The van der Waals surface area contributed by atoms with Gasteiger partial charge in [0.15, 0.2) is 0 Å². The number of benzene rings is 1. The molecule has 0 bridgehead atoms. The molecule has 0 aliphatic carbocycles. The first kappa shape index (κ1) is 14.6. The summed E-state index contributed by atoms with van der Waals surface area (Å²) in [6, 6.07) is 10.3. The highest BCUT2D eigenvalue weighted by Gasteiger charge is 2.10. The number of aryl methyl sites for hydroxylation is 2. The van der Waals surface area contributed by atoms with E-state index in [1.807, 2.05) is 25.1 Å². The van der Waals surface area contributed by atoms with Gasteiger partial charge in [-0.25, -0.2) is 0 Å². The van der Waals surface area contributed by atoms with E-state index in [9.17, 15) is 4.79 Å². The van der Waals surface area contributed by atoms with Gasteiger partial charge in [0.2, 0.25) is 0 Å². The lowest BCUT2D eigenvalue weighted by Gasteiger charge is -2.16. The van der Waals surface area contributed by atoms with Crippen molar-refractivity contribution in [3.63, 3.8) is 0 Å². The van der Waals surface area contributed by atoms with Crippen molar-refractivity contribution < 1.29 is 4.79 Å². The number of hydrogen-bond acceptors (Lipinski definition) is 3. The minimum atomic E-state index is -0.0541. The lowest BCUT2D eigenvalue weighted by atomic mass is 10.1. The van der Waals surface area contributed by atoms with Gasteiger partial charge >= 0.3 is 0 Å². The fourth-order valence-corrected chi connectivity index (χ4v) is 2.98. The second-order valence-electron chi connectivity index (χ2n) is 4.92. The van der Waals surface area contributed by atoms with Gasteiger partial charge in [-0.1, -0.05) is 0 Å². The molecule has 2 rings (SSSR count). The molecule has 0 aliphatic heterocycles. The number of amides is 1. The summed E-state index contributed by atoms with van der Waals surface area (Å²) >= 11 is 1.81. The van der Waals surface area contributed by atoms with Crippen LogP contribution in [0, 0.1) is 13.8 Å². The van der Waals surface area contributed by atoms with Crippen molar-refractivity contribution in [1.29, 1.82) is 0 Å². The largest absolute Gasteiger partial charge is 0.377 e. The predicted molar refractivity (Wildman–Crippen MR) is 85.7 cm³/mol. The molecule has 20 heavy (non-hydrogen) atoms. The van der Waals surface area contributed by atoms with Crippen LogP contribution >= 0.6 is 11.3 Å². The number of rotatable bonds is 4. The van der Waals surface area contributed by atoms with Crippen molar-refractivity contribution >= 4 is 22.9 Å². The summed E-state index contributed by atoms with van der Waals surface area (Å²) in [7, 11) is 1.64. The second kappa shape index (κ2) is 6.09. The van der Waals surface area contributed by atoms with Gasteiger partial charge in [0, 0.05) is 28.1 Å². The molecule has 1 unspecified atom stereocenters. The zero-order valence-corrected chi connectivity index (χ0v) is 13.1. The Kier molecular flexibility index (Phi) is 4.45. The smallest absolute Gasteiger partial charge is 0.251 e. The number of thiophene rings is 1. The third-order valence-corrected chi connectivity index (χ3v) is 4.46. The molecule has 0 radical (unpaired) electrons. The Labute approximate surface area is 124 Å². The molecule has 1 aromatic carbocycles. The van der Waals surface area contributed by atoms with E-state index in [-0.39, 0.29) is 11.9 Å². The summed E-state index contributed by atoms with van der Waals surface area (Å²) in [5.41, 5.74) is 2.83. The van der Waals surface area contributed by atoms with Gasteiger partial charge < -0.3 is 10.6 Å². The normalized spacial score (nSPS) is 12.0. The first-order chi connectivity index (χ1) is 9.51. The third kappa shape index (κ3) is 3.20. The molecule has 1 heterocycles.